The highest BCUT2D eigenvalue weighted by Gasteiger charge is 2.25. The van der Waals surface area contributed by atoms with Crippen molar-refractivity contribution >= 4 is 6.03 Å². The Hall–Kier alpha value is -2.34. The van der Waals surface area contributed by atoms with Crippen LogP contribution in [0.3, 0.4) is 0 Å². The average Bonchev–Trinajstić information content (AvgIpc) is 3.32. The maximum Gasteiger partial charge on any atom is 0.318 e. The maximum absolute atomic E-state index is 12.8. The monoisotopic (exact) mass is 356 g/mol. The average molecular weight is 356 g/mol. The van der Waals surface area contributed by atoms with Crippen LogP contribution in [0, 0.1) is 5.92 Å². The summed E-state index contributed by atoms with van der Waals surface area (Å²) in [6, 6.07) is 8.11. The van der Waals surface area contributed by atoms with E-state index in [4.69, 9.17) is 4.42 Å². The first-order chi connectivity index (χ1) is 12.6. The Kier molecular flexibility index (Phi) is 6.28. The van der Waals surface area contributed by atoms with Gasteiger partial charge in [-0.05, 0) is 62.6 Å². The molecule has 2 amide bonds. The van der Waals surface area contributed by atoms with Crippen LogP contribution < -0.4 is 5.32 Å². The molecule has 0 saturated carbocycles. The molecule has 1 fully saturated rings. The highest BCUT2D eigenvalue weighted by Crippen LogP contribution is 2.18. The molecule has 1 N–H and O–H groups in total. The van der Waals surface area contributed by atoms with Gasteiger partial charge in [0.1, 0.15) is 5.76 Å². The molecule has 1 aliphatic heterocycles. The topological polar surface area (TPSA) is 61.6 Å². The standard InChI is InChI=1S/C20H28N4O2/c1-16(2)23-10-7-18(14-23)12-22-20(25)24(15-19-4-3-11-26-19)13-17-5-8-21-9-6-17/h3-6,8-9,11,16,18H,7,10,12-15H2,1-2H3,(H,22,25)/t18-/m1/s1. The molecule has 1 aliphatic rings. The van der Waals surface area contributed by atoms with E-state index < -0.39 is 0 Å². The Balaban J connectivity index is 1.57. The van der Waals surface area contributed by atoms with E-state index in [1.54, 1.807) is 23.6 Å². The first-order valence-electron chi connectivity index (χ1n) is 9.30. The van der Waals surface area contributed by atoms with Gasteiger partial charge in [0.05, 0.1) is 12.8 Å². The zero-order valence-electron chi connectivity index (χ0n) is 15.6. The fraction of sp³-hybridized carbons (Fsp3) is 0.500. The molecule has 0 radical (unpaired) electrons. The molecule has 1 saturated heterocycles. The summed E-state index contributed by atoms with van der Waals surface area (Å²) in [4.78, 5) is 21.1. The highest BCUT2D eigenvalue weighted by molar-refractivity contribution is 5.74. The molecule has 2 aromatic rings. The third kappa shape index (κ3) is 5.08. The van der Waals surface area contributed by atoms with Crippen molar-refractivity contribution < 1.29 is 9.21 Å². The number of nitrogens with one attached hydrogen (secondary N) is 1. The van der Waals surface area contributed by atoms with E-state index in [1.165, 1.54) is 0 Å². The van der Waals surface area contributed by atoms with Crippen molar-refractivity contribution in [3.05, 3.63) is 54.2 Å². The molecule has 0 aromatic carbocycles. The summed E-state index contributed by atoms with van der Waals surface area (Å²) in [7, 11) is 0. The van der Waals surface area contributed by atoms with E-state index in [9.17, 15) is 4.79 Å². The van der Waals surface area contributed by atoms with Crippen molar-refractivity contribution in [3.8, 4) is 0 Å². The van der Waals surface area contributed by atoms with Crippen LogP contribution in [-0.2, 0) is 13.1 Å². The number of hydrogen-bond acceptors (Lipinski definition) is 4. The molecule has 0 unspecified atom stereocenters. The molecule has 6 nitrogen and oxygen atoms in total. The highest BCUT2D eigenvalue weighted by atomic mass is 16.3. The third-order valence-electron chi connectivity index (χ3n) is 4.93. The number of aromatic nitrogens is 1. The second kappa shape index (κ2) is 8.85. The Labute approximate surface area is 155 Å². The van der Waals surface area contributed by atoms with Crippen molar-refractivity contribution in [1.82, 2.24) is 20.1 Å². The van der Waals surface area contributed by atoms with Gasteiger partial charge < -0.3 is 19.5 Å². The van der Waals surface area contributed by atoms with E-state index in [-0.39, 0.29) is 6.03 Å². The summed E-state index contributed by atoms with van der Waals surface area (Å²) in [5, 5.41) is 3.12. The van der Waals surface area contributed by atoms with E-state index >= 15 is 0 Å². The number of carbonyl (C=O) groups excluding carboxylic acids is 1. The second-order valence-electron chi connectivity index (χ2n) is 7.22. The van der Waals surface area contributed by atoms with Crippen molar-refractivity contribution in [2.45, 2.75) is 39.4 Å². The number of carbonyl (C=O) groups is 1. The smallest absolute Gasteiger partial charge is 0.318 e. The second-order valence-corrected chi connectivity index (χ2v) is 7.22. The minimum atomic E-state index is -0.0544. The molecule has 2 aromatic heterocycles. The lowest BCUT2D eigenvalue weighted by Crippen LogP contribution is -2.41. The summed E-state index contributed by atoms with van der Waals surface area (Å²) in [5.74, 6) is 1.30. The van der Waals surface area contributed by atoms with Crippen LogP contribution in [0.1, 0.15) is 31.6 Å². The maximum atomic E-state index is 12.8. The van der Waals surface area contributed by atoms with Crippen LogP contribution in [0.4, 0.5) is 4.79 Å². The zero-order chi connectivity index (χ0) is 18.4. The Bertz CT molecular complexity index is 672. The summed E-state index contributed by atoms with van der Waals surface area (Å²) in [5.41, 5.74) is 1.05. The van der Waals surface area contributed by atoms with Crippen LogP contribution in [0.15, 0.2) is 47.3 Å². The van der Waals surface area contributed by atoms with Crippen LogP contribution in [-0.4, -0.2) is 46.5 Å². The van der Waals surface area contributed by atoms with Gasteiger partial charge in [-0.2, -0.15) is 0 Å². The lowest BCUT2D eigenvalue weighted by atomic mass is 10.1. The van der Waals surface area contributed by atoms with Crippen molar-refractivity contribution in [2.75, 3.05) is 19.6 Å². The molecule has 0 bridgehead atoms. The predicted octanol–water partition coefficient (Wildman–Crippen LogP) is 3.12. The molecule has 3 heterocycles. The summed E-state index contributed by atoms with van der Waals surface area (Å²) >= 11 is 0. The third-order valence-corrected chi connectivity index (χ3v) is 4.93. The summed E-state index contributed by atoms with van der Waals surface area (Å²) in [6.07, 6.45) is 6.27. The number of pyridine rings is 1. The van der Waals surface area contributed by atoms with Crippen molar-refractivity contribution in [1.29, 1.82) is 0 Å². The van der Waals surface area contributed by atoms with Gasteiger partial charge in [0, 0.05) is 38.1 Å². The minimum Gasteiger partial charge on any atom is -0.467 e. The molecule has 1 atom stereocenters. The van der Waals surface area contributed by atoms with E-state index in [0.717, 1.165) is 30.8 Å². The van der Waals surface area contributed by atoms with Gasteiger partial charge in [0.25, 0.3) is 0 Å². The van der Waals surface area contributed by atoms with Gasteiger partial charge in [0.15, 0.2) is 0 Å². The Morgan fingerprint density at radius 3 is 2.81 bits per heavy atom. The number of nitrogens with zero attached hydrogens (tertiary/aromatic N) is 3. The number of furan rings is 1. The molecular formula is C20H28N4O2. The number of rotatable bonds is 7. The molecule has 0 aliphatic carbocycles. The van der Waals surface area contributed by atoms with Crippen LogP contribution in [0.2, 0.25) is 0 Å². The van der Waals surface area contributed by atoms with Gasteiger partial charge >= 0.3 is 6.03 Å². The first kappa shape index (κ1) is 18.5. The van der Waals surface area contributed by atoms with Gasteiger partial charge in [-0.1, -0.05) is 0 Å². The van der Waals surface area contributed by atoms with Crippen molar-refractivity contribution in [2.24, 2.45) is 5.92 Å². The largest absolute Gasteiger partial charge is 0.467 e. The first-order valence-corrected chi connectivity index (χ1v) is 9.30. The van der Waals surface area contributed by atoms with Crippen LogP contribution in [0.25, 0.3) is 0 Å². The quantitative estimate of drug-likeness (QED) is 0.828. The number of hydrogen-bond donors (Lipinski definition) is 1. The van der Waals surface area contributed by atoms with Gasteiger partial charge in [0.2, 0.25) is 0 Å². The fourth-order valence-electron chi connectivity index (χ4n) is 3.34. The van der Waals surface area contributed by atoms with Gasteiger partial charge in [-0.25, -0.2) is 4.79 Å². The molecule has 3 rings (SSSR count). The van der Waals surface area contributed by atoms with Gasteiger partial charge in [-0.15, -0.1) is 0 Å². The molecule has 140 valence electrons. The molecular weight excluding hydrogens is 328 g/mol. The van der Waals surface area contributed by atoms with Crippen molar-refractivity contribution in [3.63, 3.8) is 0 Å². The Morgan fingerprint density at radius 1 is 1.35 bits per heavy atom. The van der Waals surface area contributed by atoms with E-state index in [2.05, 4.69) is 29.0 Å². The van der Waals surface area contributed by atoms with E-state index in [0.29, 0.717) is 31.6 Å². The fourth-order valence-corrected chi connectivity index (χ4v) is 3.34. The van der Waals surface area contributed by atoms with E-state index in [1.807, 2.05) is 24.3 Å². The predicted molar refractivity (Wildman–Crippen MR) is 100 cm³/mol. The Morgan fingerprint density at radius 2 is 2.15 bits per heavy atom. The molecule has 26 heavy (non-hydrogen) atoms. The molecule has 0 spiro atoms. The SMILES string of the molecule is CC(C)N1CC[C@H](CNC(=O)N(Cc2ccncc2)Cc2ccco2)C1. The molecule has 6 heteroatoms. The number of amides is 2. The lowest BCUT2D eigenvalue weighted by molar-refractivity contribution is 0.185. The number of urea groups is 1. The normalized spacial score (nSPS) is 17.6. The summed E-state index contributed by atoms with van der Waals surface area (Å²) < 4.78 is 5.43. The summed E-state index contributed by atoms with van der Waals surface area (Å²) in [6.45, 7) is 8.31. The van der Waals surface area contributed by atoms with Crippen LogP contribution >= 0.6 is 0 Å². The lowest BCUT2D eigenvalue weighted by Gasteiger charge is -2.24. The van der Waals surface area contributed by atoms with Crippen LogP contribution in [0.5, 0.6) is 0 Å². The van der Waals surface area contributed by atoms with Gasteiger partial charge in [-0.3, -0.25) is 4.98 Å². The minimum absolute atomic E-state index is 0.0544. The number of likely N-dealkylation sites (tertiary alicyclic amines) is 1. The zero-order valence-corrected chi connectivity index (χ0v) is 15.6.